The maximum atomic E-state index is 14.2. The molecule has 3 rings (SSSR count). The van der Waals surface area contributed by atoms with Crippen molar-refractivity contribution in [1.82, 2.24) is 5.32 Å². The van der Waals surface area contributed by atoms with Crippen molar-refractivity contribution < 1.29 is 26.7 Å². The second-order valence-corrected chi connectivity index (χ2v) is 9.63. The van der Waals surface area contributed by atoms with Crippen molar-refractivity contribution in [3.05, 3.63) is 59.7 Å². The number of para-hydroxylation sites is 1. The number of nitrogens with one attached hydrogen (secondary N) is 1. The largest absolute Gasteiger partial charge is 0.487 e. The summed E-state index contributed by atoms with van der Waals surface area (Å²) in [7, 11) is -4.00. The molecule has 0 bridgehead atoms. The summed E-state index contributed by atoms with van der Waals surface area (Å²) < 4.78 is 58.9. The summed E-state index contributed by atoms with van der Waals surface area (Å²) in [6.45, 7) is 3.39. The van der Waals surface area contributed by atoms with Crippen LogP contribution in [0.25, 0.3) is 0 Å². The topological polar surface area (TPSA) is 75.7 Å². The number of amides is 1. The molecule has 9 heteroatoms. The molecule has 1 amide bonds. The molecule has 168 valence electrons. The molecular formula is C22H26F2N2O4S. The molecule has 0 fully saturated rings. The van der Waals surface area contributed by atoms with Gasteiger partial charge in [-0.25, -0.2) is 17.2 Å². The number of rotatable bonds is 7. The molecule has 0 saturated carbocycles. The normalized spacial score (nSPS) is 17.4. The average Bonchev–Trinajstić information content (AvgIpc) is 2.71. The highest BCUT2D eigenvalue weighted by molar-refractivity contribution is 7.92. The van der Waals surface area contributed by atoms with Crippen molar-refractivity contribution in [3.8, 4) is 5.75 Å². The predicted octanol–water partition coefficient (Wildman–Crippen LogP) is 3.93. The first-order chi connectivity index (χ1) is 14.6. The van der Waals surface area contributed by atoms with E-state index in [1.165, 1.54) is 0 Å². The van der Waals surface area contributed by atoms with Crippen LogP contribution in [0.2, 0.25) is 0 Å². The lowest BCUT2D eigenvalue weighted by Gasteiger charge is -2.41. The highest BCUT2D eigenvalue weighted by atomic mass is 32.2. The molecule has 2 aromatic rings. The Morgan fingerprint density at radius 2 is 1.87 bits per heavy atom. The quantitative estimate of drug-likeness (QED) is 0.691. The van der Waals surface area contributed by atoms with Crippen LogP contribution in [0.15, 0.2) is 42.5 Å². The van der Waals surface area contributed by atoms with Gasteiger partial charge in [0, 0.05) is 18.1 Å². The number of carbonyl (C=O) groups is 1. The maximum absolute atomic E-state index is 14.2. The Morgan fingerprint density at radius 1 is 1.19 bits per heavy atom. The van der Waals surface area contributed by atoms with E-state index in [1.807, 2.05) is 38.1 Å². The maximum Gasteiger partial charge on any atom is 0.241 e. The number of ether oxygens (including phenoxy) is 1. The van der Waals surface area contributed by atoms with Crippen LogP contribution >= 0.6 is 0 Å². The molecule has 1 aliphatic heterocycles. The summed E-state index contributed by atoms with van der Waals surface area (Å²) in [6, 6.07) is 9.51. The van der Waals surface area contributed by atoms with Crippen molar-refractivity contribution in [2.75, 3.05) is 17.1 Å². The zero-order chi connectivity index (χ0) is 22.8. The number of benzene rings is 2. The first-order valence-corrected chi connectivity index (χ1v) is 11.9. The van der Waals surface area contributed by atoms with Crippen molar-refractivity contribution in [2.45, 2.75) is 44.8 Å². The number of anilines is 1. The van der Waals surface area contributed by atoms with Crippen LogP contribution in [-0.2, 0) is 14.8 Å². The van der Waals surface area contributed by atoms with Crippen LogP contribution in [0.4, 0.5) is 14.5 Å². The number of fused-ring (bicyclic) bond motifs is 1. The zero-order valence-electron chi connectivity index (χ0n) is 17.7. The van der Waals surface area contributed by atoms with Gasteiger partial charge >= 0.3 is 0 Å². The third kappa shape index (κ3) is 4.98. The number of hydrogen-bond acceptors (Lipinski definition) is 4. The molecule has 1 N–H and O–H groups in total. The van der Waals surface area contributed by atoms with Crippen molar-refractivity contribution in [1.29, 1.82) is 0 Å². The molecule has 0 aromatic heterocycles. The van der Waals surface area contributed by atoms with Gasteiger partial charge in [-0.1, -0.05) is 32.0 Å². The highest BCUT2D eigenvalue weighted by Gasteiger charge is 2.39. The Hall–Kier alpha value is -2.68. The monoisotopic (exact) mass is 452 g/mol. The van der Waals surface area contributed by atoms with Gasteiger partial charge in [0.15, 0.2) is 0 Å². The smallest absolute Gasteiger partial charge is 0.241 e. The second kappa shape index (κ2) is 8.82. The minimum atomic E-state index is -4.00. The van der Waals surface area contributed by atoms with E-state index in [4.69, 9.17) is 4.74 Å². The van der Waals surface area contributed by atoms with Gasteiger partial charge in [-0.3, -0.25) is 9.10 Å². The van der Waals surface area contributed by atoms with E-state index in [0.717, 1.165) is 36.8 Å². The van der Waals surface area contributed by atoms with Crippen LogP contribution in [0.5, 0.6) is 5.75 Å². The SMILES string of the molecule is CCC1(CC)C[C@@H](NC(=O)CN(c2ccc(F)cc2F)S(C)(=O)=O)c2ccccc2O1. The fourth-order valence-corrected chi connectivity index (χ4v) is 4.72. The van der Waals surface area contributed by atoms with Crippen LogP contribution in [0, 0.1) is 11.6 Å². The Balaban J connectivity index is 1.87. The van der Waals surface area contributed by atoms with Crippen LogP contribution < -0.4 is 14.4 Å². The lowest BCUT2D eigenvalue weighted by molar-refractivity contribution is -0.121. The molecule has 31 heavy (non-hydrogen) atoms. The number of halogens is 2. The molecule has 0 saturated heterocycles. The molecule has 1 atom stereocenters. The average molecular weight is 453 g/mol. The molecule has 0 aliphatic carbocycles. The van der Waals surface area contributed by atoms with Gasteiger partial charge < -0.3 is 10.1 Å². The standard InChI is InChI=1S/C22H26F2N2O4S/c1-4-22(5-2)13-18(16-8-6-7-9-20(16)30-22)25-21(27)14-26(31(3,28)29)19-11-10-15(23)12-17(19)24/h6-12,18H,4-5,13-14H2,1-3H3,(H,25,27)/t18-/m1/s1. The fraction of sp³-hybridized carbons (Fsp3) is 0.409. The van der Waals surface area contributed by atoms with Gasteiger partial charge in [0.2, 0.25) is 15.9 Å². The van der Waals surface area contributed by atoms with Gasteiger partial charge in [-0.05, 0) is 31.0 Å². The Morgan fingerprint density at radius 3 is 2.48 bits per heavy atom. The number of sulfonamides is 1. The zero-order valence-corrected chi connectivity index (χ0v) is 18.5. The second-order valence-electron chi connectivity index (χ2n) is 7.72. The molecular weight excluding hydrogens is 426 g/mol. The fourth-order valence-electron chi connectivity index (χ4n) is 3.87. The number of carbonyl (C=O) groups excluding carboxylic acids is 1. The Kier molecular flexibility index (Phi) is 6.54. The molecule has 1 aliphatic rings. The predicted molar refractivity (Wildman–Crippen MR) is 114 cm³/mol. The third-order valence-corrected chi connectivity index (χ3v) is 6.81. The third-order valence-electron chi connectivity index (χ3n) is 5.69. The van der Waals surface area contributed by atoms with Gasteiger partial charge in [0.25, 0.3) is 0 Å². The van der Waals surface area contributed by atoms with Crippen LogP contribution in [-0.4, -0.2) is 32.7 Å². The molecule has 6 nitrogen and oxygen atoms in total. The van der Waals surface area contributed by atoms with Gasteiger partial charge in [-0.2, -0.15) is 0 Å². The van der Waals surface area contributed by atoms with Crippen molar-refractivity contribution in [3.63, 3.8) is 0 Å². The van der Waals surface area contributed by atoms with Crippen molar-refractivity contribution >= 4 is 21.6 Å². The Labute approximate surface area is 181 Å². The summed E-state index contributed by atoms with van der Waals surface area (Å²) >= 11 is 0. The van der Waals surface area contributed by atoms with Gasteiger partial charge in [0.1, 0.15) is 29.5 Å². The van der Waals surface area contributed by atoms with E-state index in [1.54, 1.807) is 0 Å². The Bertz CT molecular complexity index is 1070. The van der Waals surface area contributed by atoms with E-state index < -0.39 is 45.8 Å². The minimum Gasteiger partial charge on any atom is -0.487 e. The van der Waals surface area contributed by atoms with Crippen molar-refractivity contribution in [2.24, 2.45) is 0 Å². The van der Waals surface area contributed by atoms with E-state index in [-0.39, 0.29) is 5.69 Å². The molecule has 0 radical (unpaired) electrons. The van der Waals surface area contributed by atoms with E-state index >= 15 is 0 Å². The molecule has 0 spiro atoms. The summed E-state index contributed by atoms with van der Waals surface area (Å²) in [5, 5.41) is 2.88. The summed E-state index contributed by atoms with van der Waals surface area (Å²) in [5.41, 5.74) is -0.0403. The first-order valence-electron chi connectivity index (χ1n) is 10.1. The number of hydrogen-bond donors (Lipinski definition) is 1. The van der Waals surface area contributed by atoms with Gasteiger partial charge in [0.05, 0.1) is 18.0 Å². The molecule has 2 aromatic carbocycles. The minimum absolute atomic E-state index is 0.386. The lowest BCUT2D eigenvalue weighted by atomic mass is 9.83. The van der Waals surface area contributed by atoms with E-state index in [2.05, 4.69) is 5.32 Å². The number of nitrogens with zero attached hydrogens (tertiary/aromatic N) is 1. The summed E-state index contributed by atoms with van der Waals surface area (Å²) in [6.07, 6.45) is 2.86. The van der Waals surface area contributed by atoms with Gasteiger partial charge in [-0.15, -0.1) is 0 Å². The lowest BCUT2D eigenvalue weighted by Crippen LogP contribution is -2.47. The highest BCUT2D eigenvalue weighted by Crippen LogP contribution is 2.42. The van der Waals surface area contributed by atoms with Crippen LogP contribution in [0.3, 0.4) is 0 Å². The summed E-state index contributed by atoms with van der Waals surface area (Å²) in [5.74, 6) is -1.83. The van der Waals surface area contributed by atoms with Crippen LogP contribution in [0.1, 0.15) is 44.7 Å². The summed E-state index contributed by atoms with van der Waals surface area (Å²) in [4.78, 5) is 12.9. The first kappa shape index (κ1) is 23.0. The van der Waals surface area contributed by atoms with E-state index in [0.29, 0.717) is 22.5 Å². The van der Waals surface area contributed by atoms with E-state index in [9.17, 15) is 22.0 Å². The molecule has 0 unspecified atom stereocenters. The molecule has 1 heterocycles.